The highest BCUT2D eigenvalue weighted by atomic mass is 32.1. The summed E-state index contributed by atoms with van der Waals surface area (Å²) in [4.78, 5) is 37.6. The fourth-order valence-electron chi connectivity index (χ4n) is 2.94. The first-order valence-electron chi connectivity index (χ1n) is 7.20. The highest BCUT2D eigenvalue weighted by Gasteiger charge is 2.52. The lowest BCUT2D eigenvalue weighted by Crippen LogP contribution is -2.49. The van der Waals surface area contributed by atoms with Crippen LogP contribution in [-0.2, 0) is 9.59 Å². The van der Waals surface area contributed by atoms with E-state index >= 15 is 0 Å². The van der Waals surface area contributed by atoms with E-state index < -0.39 is 17.5 Å². The summed E-state index contributed by atoms with van der Waals surface area (Å²) >= 11 is 1.17. The van der Waals surface area contributed by atoms with Crippen LogP contribution >= 0.6 is 11.3 Å². The summed E-state index contributed by atoms with van der Waals surface area (Å²) in [6, 6.07) is -0.494. The van der Waals surface area contributed by atoms with Crippen LogP contribution < -0.4 is 10.6 Å². The van der Waals surface area contributed by atoms with E-state index in [1.807, 2.05) is 0 Å². The van der Waals surface area contributed by atoms with Crippen LogP contribution in [0.15, 0.2) is 5.51 Å². The maximum atomic E-state index is 12.6. The Labute approximate surface area is 131 Å². The highest BCUT2D eigenvalue weighted by molar-refractivity contribution is 7.13. The number of imide groups is 1. The zero-order chi connectivity index (χ0) is 15.7. The maximum absolute atomic E-state index is 12.6. The van der Waals surface area contributed by atoms with Gasteiger partial charge in [-0.3, -0.25) is 19.8 Å². The Hall–Kier alpha value is -2.03. The first-order chi connectivity index (χ1) is 10.5. The quantitative estimate of drug-likeness (QED) is 0.807. The summed E-state index contributed by atoms with van der Waals surface area (Å²) in [5, 5.41) is 13.0. The van der Waals surface area contributed by atoms with Crippen molar-refractivity contribution < 1.29 is 14.4 Å². The molecule has 1 spiro atoms. The summed E-state index contributed by atoms with van der Waals surface area (Å²) in [7, 11) is 0. The molecule has 1 aliphatic heterocycles. The lowest BCUT2D eigenvalue weighted by molar-refractivity contribution is -0.135. The fraction of sp³-hybridized carbons (Fsp3) is 0.615. The van der Waals surface area contributed by atoms with Crippen molar-refractivity contribution in [3.05, 3.63) is 5.51 Å². The monoisotopic (exact) mass is 323 g/mol. The molecule has 1 aromatic rings. The van der Waals surface area contributed by atoms with E-state index in [1.165, 1.54) is 16.8 Å². The number of nitrogens with zero attached hydrogens (tertiary/aromatic N) is 3. The predicted molar refractivity (Wildman–Crippen MR) is 79.1 cm³/mol. The molecule has 3 rings (SSSR count). The van der Waals surface area contributed by atoms with Gasteiger partial charge >= 0.3 is 6.03 Å². The summed E-state index contributed by atoms with van der Waals surface area (Å²) in [6.07, 6.45) is 3.06. The Bertz CT molecular complexity index is 595. The third kappa shape index (κ3) is 2.68. The van der Waals surface area contributed by atoms with Crippen LogP contribution in [0.5, 0.6) is 0 Å². The van der Waals surface area contributed by atoms with E-state index in [-0.39, 0.29) is 12.5 Å². The van der Waals surface area contributed by atoms with E-state index in [1.54, 1.807) is 0 Å². The van der Waals surface area contributed by atoms with Crippen molar-refractivity contribution >= 4 is 34.3 Å². The average Bonchev–Trinajstić information content (AvgIpc) is 3.06. The number of nitrogens with one attached hydrogen (secondary N) is 2. The molecule has 0 radical (unpaired) electrons. The Morgan fingerprint density at radius 1 is 1.50 bits per heavy atom. The fourth-order valence-corrected chi connectivity index (χ4v) is 3.40. The number of carbonyl (C=O) groups is 3. The number of aromatic nitrogens is 2. The maximum Gasteiger partial charge on any atom is 0.325 e. The van der Waals surface area contributed by atoms with Gasteiger partial charge in [-0.25, -0.2) is 4.79 Å². The van der Waals surface area contributed by atoms with Gasteiger partial charge < -0.3 is 5.32 Å². The molecule has 118 valence electrons. The molecule has 1 aliphatic carbocycles. The van der Waals surface area contributed by atoms with E-state index in [4.69, 9.17) is 0 Å². The standard InChI is InChI=1S/C13H17N5O3S/c1-8-2-4-13(5-3-8)10(20)18(12(21)16-13)6-9(19)15-11-17-14-7-22-11/h7-8H,2-6H2,1H3,(H,16,21)(H,15,17,19). The minimum Gasteiger partial charge on any atom is -0.323 e. The third-order valence-corrected chi connectivity index (χ3v) is 4.89. The third-order valence-electron chi connectivity index (χ3n) is 4.28. The van der Waals surface area contributed by atoms with Crippen molar-refractivity contribution in [3.8, 4) is 0 Å². The van der Waals surface area contributed by atoms with Crippen LogP contribution in [-0.4, -0.2) is 45.0 Å². The largest absolute Gasteiger partial charge is 0.325 e. The minimum atomic E-state index is -0.813. The number of rotatable bonds is 3. The van der Waals surface area contributed by atoms with Gasteiger partial charge in [-0.2, -0.15) is 0 Å². The van der Waals surface area contributed by atoms with Gasteiger partial charge in [-0.15, -0.1) is 10.2 Å². The van der Waals surface area contributed by atoms with E-state index in [0.29, 0.717) is 23.9 Å². The summed E-state index contributed by atoms with van der Waals surface area (Å²) < 4.78 is 0. The molecule has 4 amide bonds. The van der Waals surface area contributed by atoms with E-state index in [2.05, 4.69) is 27.8 Å². The molecule has 0 bridgehead atoms. The van der Waals surface area contributed by atoms with Crippen molar-refractivity contribution in [2.24, 2.45) is 5.92 Å². The van der Waals surface area contributed by atoms with Gasteiger partial charge in [-0.1, -0.05) is 18.3 Å². The first kappa shape index (κ1) is 14.9. The average molecular weight is 323 g/mol. The molecule has 9 heteroatoms. The van der Waals surface area contributed by atoms with Gasteiger partial charge in [0.2, 0.25) is 11.0 Å². The molecule has 1 saturated carbocycles. The molecule has 2 N–H and O–H groups in total. The van der Waals surface area contributed by atoms with Crippen molar-refractivity contribution in [1.29, 1.82) is 0 Å². The summed E-state index contributed by atoms with van der Waals surface area (Å²) in [6.45, 7) is 1.84. The minimum absolute atomic E-state index is 0.295. The van der Waals surface area contributed by atoms with Gasteiger partial charge in [0.25, 0.3) is 5.91 Å². The van der Waals surface area contributed by atoms with Gasteiger partial charge in [0, 0.05) is 0 Å². The second-order valence-corrected chi connectivity index (χ2v) is 6.71. The Morgan fingerprint density at radius 3 is 2.86 bits per heavy atom. The number of hydrogen-bond donors (Lipinski definition) is 2. The molecule has 2 heterocycles. The van der Waals surface area contributed by atoms with Crippen LogP contribution in [0, 0.1) is 5.92 Å². The topological polar surface area (TPSA) is 104 Å². The SMILES string of the molecule is CC1CCC2(CC1)NC(=O)N(CC(=O)Nc1nncs1)C2=O. The lowest BCUT2D eigenvalue weighted by atomic mass is 9.77. The second-order valence-electron chi connectivity index (χ2n) is 5.88. The zero-order valence-corrected chi connectivity index (χ0v) is 13.0. The molecular formula is C13H17N5O3S. The molecule has 22 heavy (non-hydrogen) atoms. The molecule has 1 aromatic heterocycles. The van der Waals surface area contributed by atoms with Gasteiger partial charge in [-0.05, 0) is 31.6 Å². The molecule has 2 aliphatic rings. The van der Waals surface area contributed by atoms with Crippen molar-refractivity contribution in [1.82, 2.24) is 20.4 Å². The highest BCUT2D eigenvalue weighted by Crippen LogP contribution is 2.36. The van der Waals surface area contributed by atoms with Gasteiger partial charge in [0.05, 0.1) is 0 Å². The normalized spacial score (nSPS) is 28.0. The van der Waals surface area contributed by atoms with Gasteiger partial charge in [0.1, 0.15) is 17.6 Å². The van der Waals surface area contributed by atoms with E-state index in [0.717, 1.165) is 17.7 Å². The Morgan fingerprint density at radius 2 is 2.23 bits per heavy atom. The summed E-state index contributed by atoms with van der Waals surface area (Å²) in [5.74, 6) is -0.191. The number of anilines is 1. The van der Waals surface area contributed by atoms with Crippen LogP contribution in [0.3, 0.4) is 0 Å². The van der Waals surface area contributed by atoms with Crippen molar-refractivity contribution in [2.75, 3.05) is 11.9 Å². The zero-order valence-electron chi connectivity index (χ0n) is 12.2. The summed E-state index contributed by atoms with van der Waals surface area (Å²) in [5.41, 5.74) is 0.675. The molecule has 8 nitrogen and oxygen atoms in total. The molecular weight excluding hydrogens is 306 g/mol. The Kier molecular flexibility index (Phi) is 3.81. The molecule has 0 atom stereocenters. The van der Waals surface area contributed by atoms with E-state index in [9.17, 15) is 14.4 Å². The van der Waals surface area contributed by atoms with Crippen LogP contribution in [0.25, 0.3) is 0 Å². The lowest BCUT2D eigenvalue weighted by Gasteiger charge is -2.33. The van der Waals surface area contributed by atoms with Crippen molar-refractivity contribution in [2.45, 2.75) is 38.1 Å². The molecule has 0 aromatic carbocycles. The predicted octanol–water partition coefficient (Wildman–Crippen LogP) is 0.977. The number of amides is 4. The number of carbonyl (C=O) groups excluding carboxylic acids is 3. The Balaban J connectivity index is 1.65. The second kappa shape index (κ2) is 5.64. The van der Waals surface area contributed by atoms with Crippen LogP contribution in [0.4, 0.5) is 9.93 Å². The van der Waals surface area contributed by atoms with Crippen molar-refractivity contribution in [3.63, 3.8) is 0 Å². The van der Waals surface area contributed by atoms with Crippen LogP contribution in [0.1, 0.15) is 32.6 Å². The molecule has 1 saturated heterocycles. The smallest absolute Gasteiger partial charge is 0.323 e. The van der Waals surface area contributed by atoms with Crippen LogP contribution in [0.2, 0.25) is 0 Å². The first-order valence-corrected chi connectivity index (χ1v) is 8.08. The number of hydrogen-bond acceptors (Lipinski definition) is 6. The number of urea groups is 1. The molecule has 0 unspecified atom stereocenters. The molecule has 2 fully saturated rings. The van der Waals surface area contributed by atoms with Gasteiger partial charge in [0.15, 0.2) is 0 Å².